The highest BCUT2D eigenvalue weighted by Crippen LogP contribution is 2.39. The summed E-state index contributed by atoms with van der Waals surface area (Å²) in [5, 5.41) is 0. The van der Waals surface area contributed by atoms with Crippen LogP contribution in [0.3, 0.4) is 0 Å². The minimum Gasteiger partial charge on any atom is -0.354 e. The highest BCUT2D eigenvalue weighted by atomic mass is 14.8. The van der Waals surface area contributed by atoms with Gasteiger partial charge in [-0.2, -0.15) is 0 Å². The molecule has 3 aromatic carbocycles. The number of aryl methyl sites for hydroxylation is 3. The Kier molecular flexibility index (Phi) is 7.91. The fraction of sp³-hybridized carbons (Fsp3) is 0.229. The molecule has 4 aromatic heterocycles. The van der Waals surface area contributed by atoms with E-state index in [9.17, 15) is 0 Å². The van der Waals surface area contributed by atoms with Crippen molar-refractivity contribution in [3.63, 3.8) is 0 Å². The predicted octanol–water partition coefficient (Wildman–Crippen LogP) is 13.2. The third-order valence-corrected chi connectivity index (χ3v) is 10.6. The molecule has 5 heterocycles. The lowest BCUT2D eigenvalue weighted by Gasteiger charge is -2.19. The fourth-order valence-electron chi connectivity index (χ4n) is 7.88. The first-order valence-corrected chi connectivity index (χ1v) is 18.4. The number of hydrogen-bond acceptors (Lipinski definition) is 1. The van der Waals surface area contributed by atoms with Crippen LogP contribution in [0.2, 0.25) is 0 Å². The molecule has 0 unspecified atom stereocenters. The average molecular weight is 681 g/mol. The number of fused-ring (bicyclic) bond motifs is 9. The van der Waals surface area contributed by atoms with Crippen LogP contribution in [0.5, 0.6) is 0 Å². The first-order valence-electron chi connectivity index (χ1n) is 18.4. The van der Waals surface area contributed by atoms with Crippen molar-refractivity contribution in [2.45, 2.75) is 73.1 Å². The largest absolute Gasteiger partial charge is 0.354 e. The molecule has 0 atom stereocenters. The monoisotopic (exact) mass is 680 g/mol. The van der Waals surface area contributed by atoms with Crippen LogP contribution in [0.15, 0.2) is 97.1 Å². The van der Waals surface area contributed by atoms with Gasteiger partial charge in [0.05, 0.1) is 16.9 Å². The van der Waals surface area contributed by atoms with Gasteiger partial charge in [-0.1, -0.05) is 108 Å². The molecule has 0 aliphatic carbocycles. The molecule has 1 aliphatic rings. The molecule has 52 heavy (non-hydrogen) atoms. The van der Waals surface area contributed by atoms with Crippen LogP contribution in [-0.2, 0) is 10.8 Å². The molecule has 3 N–H and O–H groups in total. The summed E-state index contributed by atoms with van der Waals surface area (Å²) in [5.41, 5.74) is 21.4. The van der Waals surface area contributed by atoms with E-state index in [2.05, 4.69) is 186 Å². The van der Waals surface area contributed by atoms with E-state index in [1.165, 1.54) is 33.4 Å². The van der Waals surface area contributed by atoms with Crippen molar-refractivity contribution in [1.29, 1.82) is 0 Å². The molecule has 8 rings (SSSR count). The summed E-state index contributed by atoms with van der Waals surface area (Å²) in [6.07, 6.45) is 4.28. The van der Waals surface area contributed by atoms with E-state index in [-0.39, 0.29) is 10.8 Å². The summed E-state index contributed by atoms with van der Waals surface area (Å²) in [5.74, 6) is 0. The zero-order valence-corrected chi connectivity index (χ0v) is 31.8. The van der Waals surface area contributed by atoms with Crippen molar-refractivity contribution in [3.8, 4) is 33.4 Å². The SMILES string of the molecule is Cc1cc(C)c(-c2c3ccc([nH]3)c(-c3ccc(C(C)(C)C)cc3)c3nc(c4ccc([nH]4)c(-c4ccc(C(C)(C)C)cc4)c4ccc2[nH]4)C=C3)c(C)c1. The predicted molar refractivity (Wildman–Crippen MR) is 223 cm³/mol. The van der Waals surface area contributed by atoms with E-state index < -0.39 is 0 Å². The van der Waals surface area contributed by atoms with Gasteiger partial charge in [-0.3, -0.25) is 0 Å². The Labute approximate surface area is 307 Å². The van der Waals surface area contributed by atoms with Gasteiger partial charge >= 0.3 is 0 Å². The van der Waals surface area contributed by atoms with Crippen LogP contribution in [0, 0.1) is 20.8 Å². The minimum atomic E-state index is 0.0641. The topological polar surface area (TPSA) is 60.3 Å². The molecule has 0 amide bonds. The molecule has 0 radical (unpaired) electrons. The van der Waals surface area contributed by atoms with Crippen LogP contribution < -0.4 is 0 Å². The number of nitrogens with zero attached hydrogens (tertiary/aromatic N) is 1. The molecule has 4 nitrogen and oxygen atoms in total. The van der Waals surface area contributed by atoms with Crippen LogP contribution in [0.1, 0.15) is 80.7 Å². The molecule has 260 valence electrons. The lowest BCUT2D eigenvalue weighted by atomic mass is 9.86. The Morgan fingerprint density at radius 3 is 1.27 bits per heavy atom. The summed E-state index contributed by atoms with van der Waals surface area (Å²) < 4.78 is 0. The van der Waals surface area contributed by atoms with Gasteiger partial charge in [0.15, 0.2) is 0 Å². The maximum Gasteiger partial charge on any atom is 0.0872 e. The van der Waals surface area contributed by atoms with Crippen LogP contribution in [0.4, 0.5) is 0 Å². The number of H-pyrrole nitrogens is 3. The van der Waals surface area contributed by atoms with E-state index in [1.807, 2.05) is 0 Å². The van der Waals surface area contributed by atoms with Gasteiger partial charge in [-0.05, 0) is 119 Å². The van der Waals surface area contributed by atoms with Gasteiger partial charge < -0.3 is 15.0 Å². The number of aromatic amines is 3. The van der Waals surface area contributed by atoms with Gasteiger partial charge in [-0.25, -0.2) is 4.98 Å². The highest BCUT2D eigenvalue weighted by Gasteiger charge is 2.19. The summed E-state index contributed by atoms with van der Waals surface area (Å²) in [6.45, 7) is 20.2. The normalized spacial score (nSPS) is 12.6. The van der Waals surface area contributed by atoms with E-state index in [4.69, 9.17) is 4.98 Å². The number of nitrogens with one attached hydrogen (secondary N) is 3. The number of benzene rings is 3. The minimum absolute atomic E-state index is 0.0641. The van der Waals surface area contributed by atoms with Crippen molar-refractivity contribution >= 4 is 45.3 Å². The lowest BCUT2D eigenvalue weighted by Crippen LogP contribution is -2.10. The molecule has 7 aromatic rings. The Bertz CT molecular complexity index is 2620. The summed E-state index contributed by atoms with van der Waals surface area (Å²) in [7, 11) is 0. The number of rotatable bonds is 3. The van der Waals surface area contributed by atoms with E-state index in [1.54, 1.807) is 0 Å². The van der Waals surface area contributed by atoms with Crippen molar-refractivity contribution in [2.24, 2.45) is 0 Å². The molecule has 1 aliphatic heterocycles. The second-order valence-electron chi connectivity index (χ2n) is 16.6. The van der Waals surface area contributed by atoms with Gasteiger partial charge in [-0.15, -0.1) is 0 Å². The molecule has 4 heteroatoms. The van der Waals surface area contributed by atoms with Crippen molar-refractivity contribution in [2.75, 3.05) is 0 Å². The smallest absolute Gasteiger partial charge is 0.0872 e. The second-order valence-corrected chi connectivity index (χ2v) is 16.6. The van der Waals surface area contributed by atoms with Crippen LogP contribution in [-0.4, -0.2) is 19.9 Å². The standard InChI is InChI=1S/C48H48N4/c1-28-26-29(2)43(30(3)27-28)46-41-24-22-39(51-41)44(31-10-14-33(15-11-31)47(4,5)6)37-20-18-35(49-37)36-19-21-38(50-36)45(40-23-25-42(46)52-40)32-12-16-34(17-13-32)48(7,8)9/h10-27,49,51-52H,1-9H3. The zero-order chi connectivity index (χ0) is 36.5. The van der Waals surface area contributed by atoms with E-state index in [0.717, 1.165) is 72.3 Å². The fourth-order valence-corrected chi connectivity index (χ4v) is 7.88. The van der Waals surface area contributed by atoms with Gasteiger partial charge in [0.25, 0.3) is 0 Å². The van der Waals surface area contributed by atoms with Crippen LogP contribution >= 0.6 is 0 Å². The summed E-state index contributed by atoms with van der Waals surface area (Å²) in [6, 6.07) is 35.9. The Hall–Kier alpha value is -5.61. The first-order chi connectivity index (χ1) is 24.7. The van der Waals surface area contributed by atoms with Gasteiger partial charge in [0, 0.05) is 44.3 Å². The summed E-state index contributed by atoms with van der Waals surface area (Å²) in [4.78, 5) is 16.9. The molecule has 0 saturated heterocycles. The van der Waals surface area contributed by atoms with Gasteiger partial charge in [0.1, 0.15) is 0 Å². The third-order valence-electron chi connectivity index (χ3n) is 10.6. The van der Waals surface area contributed by atoms with Crippen LogP contribution in [0.25, 0.3) is 78.6 Å². The second kappa shape index (κ2) is 12.3. The van der Waals surface area contributed by atoms with Crippen molar-refractivity contribution in [3.05, 3.63) is 136 Å². The molecule has 0 spiro atoms. The van der Waals surface area contributed by atoms with Crippen molar-refractivity contribution in [1.82, 2.24) is 19.9 Å². The molecule has 0 saturated carbocycles. The molecular weight excluding hydrogens is 633 g/mol. The average Bonchev–Trinajstić information content (AvgIpc) is 3.91. The Morgan fingerprint density at radius 2 is 0.788 bits per heavy atom. The van der Waals surface area contributed by atoms with E-state index in [0.29, 0.717) is 0 Å². The Morgan fingerprint density at radius 1 is 0.404 bits per heavy atom. The first kappa shape index (κ1) is 33.5. The number of aromatic nitrogens is 4. The maximum atomic E-state index is 5.28. The third kappa shape index (κ3) is 5.96. The Balaban J connectivity index is 1.51. The molecule has 0 fully saturated rings. The van der Waals surface area contributed by atoms with E-state index >= 15 is 0 Å². The zero-order valence-electron chi connectivity index (χ0n) is 31.8. The maximum absolute atomic E-state index is 5.28. The highest BCUT2D eigenvalue weighted by molar-refractivity contribution is 6.01. The number of hydrogen-bond donors (Lipinski definition) is 3. The lowest BCUT2D eigenvalue weighted by molar-refractivity contribution is 0.590. The van der Waals surface area contributed by atoms with Crippen molar-refractivity contribution < 1.29 is 0 Å². The quantitative estimate of drug-likeness (QED) is 0.171. The summed E-state index contributed by atoms with van der Waals surface area (Å²) >= 11 is 0. The molecular formula is C48H48N4. The molecule has 8 bridgehead atoms. The van der Waals surface area contributed by atoms with Gasteiger partial charge in [0.2, 0.25) is 0 Å².